The Balaban J connectivity index is 3.23. The Kier molecular flexibility index (Phi) is 2.25. The number of rotatable bonds is 1. The van der Waals surface area contributed by atoms with Gasteiger partial charge in [0, 0.05) is 6.92 Å². The highest BCUT2D eigenvalue weighted by Crippen LogP contribution is 2.10. The molecule has 3 heteroatoms. The Bertz CT molecular complexity index is 296. The van der Waals surface area contributed by atoms with Crippen molar-refractivity contribution >= 4 is 17.4 Å². The van der Waals surface area contributed by atoms with Crippen LogP contribution in [0.15, 0.2) is 12.1 Å². The zero-order valence-electron chi connectivity index (χ0n) is 6.39. The summed E-state index contributed by atoms with van der Waals surface area (Å²) in [6, 6.07) is 3.45. The number of nitrogens with zero attached hydrogens (tertiary/aromatic N) is 1. The van der Waals surface area contributed by atoms with E-state index in [2.05, 4.69) is 4.98 Å². The summed E-state index contributed by atoms with van der Waals surface area (Å²) < 4.78 is 0. The molecule has 2 nitrogen and oxygen atoms in total. The number of carbonyl (C=O) groups excluding carboxylic acids is 1. The minimum Gasteiger partial charge on any atom is -0.293 e. The summed E-state index contributed by atoms with van der Waals surface area (Å²) in [6.45, 7) is 3.31. The predicted octanol–water partition coefficient (Wildman–Crippen LogP) is 2.25. The van der Waals surface area contributed by atoms with Crippen LogP contribution in [0.1, 0.15) is 23.0 Å². The molecule has 0 unspecified atom stereocenters. The zero-order valence-corrected chi connectivity index (χ0v) is 7.14. The molecule has 0 aromatic carbocycles. The van der Waals surface area contributed by atoms with Gasteiger partial charge in [0.15, 0.2) is 5.78 Å². The molecule has 0 amide bonds. The second-order valence-electron chi connectivity index (χ2n) is 2.36. The summed E-state index contributed by atoms with van der Waals surface area (Å²) in [5.41, 5.74) is 1.32. The van der Waals surface area contributed by atoms with Gasteiger partial charge in [-0.3, -0.25) is 4.79 Å². The molecule has 0 aliphatic rings. The molecule has 11 heavy (non-hydrogen) atoms. The molecule has 0 saturated carbocycles. The number of halogens is 1. The van der Waals surface area contributed by atoms with Crippen molar-refractivity contribution in [2.24, 2.45) is 0 Å². The fourth-order valence-corrected chi connectivity index (χ4v) is 1.01. The van der Waals surface area contributed by atoms with E-state index in [0.29, 0.717) is 10.8 Å². The average molecular weight is 170 g/mol. The van der Waals surface area contributed by atoms with Gasteiger partial charge >= 0.3 is 0 Å². The van der Waals surface area contributed by atoms with E-state index in [1.165, 1.54) is 6.92 Å². The van der Waals surface area contributed by atoms with Crippen molar-refractivity contribution in [3.05, 3.63) is 28.5 Å². The minimum absolute atomic E-state index is 0.0509. The van der Waals surface area contributed by atoms with Crippen molar-refractivity contribution in [3.63, 3.8) is 0 Å². The Morgan fingerprint density at radius 1 is 1.55 bits per heavy atom. The average Bonchev–Trinajstić information content (AvgIpc) is 1.94. The van der Waals surface area contributed by atoms with E-state index < -0.39 is 0 Å². The van der Waals surface area contributed by atoms with Gasteiger partial charge in [-0.2, -0.15) is 0 Å². The SMILES string of the molecule is CC(=O)c1nc(Cl)ccc1C. The molecule has 1 aromatic heterocycles. The lowest BCUT2D eigenvalue weighted by Gasteiger charge is -1.99. The van der Waals surface area contributed by atoms with E-state index in [1.807, 2.05) is 6.92 Å². The van der Waals surface area contributed by atoms with Gasteiger partial charge in [-0.1, -0.05) is 17.7 Å². The molecule has 0 bridgehead atoms. The molecule has 0 saturated heterocycles. The van der Waals surface area contributed by atoms with E-state index in [0.717, 1.165) is 5.56 Å². The molecule has 0 atom stereocenters. The summed E-state index contributed by atoms with van der Waals surface area (Å²) in [4.78, 5) is 14.8. The number of hydrogen-bond acceptors (Lipinski definition) is 2. The first kappa shape index (κ1) is 8.21. The zero-order chi connectivity index (χ0) is 8.43. The smallest absolute Gasteiger partial charge is 0.178 e. The number of pyridine rings is 1. The molecular formula is C8H8ClNO. The molecule has 0 aliphatic carbocycles. The Morgan fingerprint density at radius 3 is 2.64 bits per heavy atom. The molecule has 1 aromatic rings. The van der Waals surface area contributed by atoms with Gasteiger partial charge in [0.2, 0.25) is 0 Å². The third-order valence-corrected chi connectivity index (χ3v) is 1.61. The van der Waals surface area contributed by atoms with Crippen LogP contribution in [0.25, 0.3) is 0 Å². The maximum absolute atomic E-state index is 10.9. The molecule has 0 radical (unpaired) electrons. The number of ketones is 1. The van der Waals surface area contributed by atoms with Gasteiger partial charge in [-0.05, 0) is 18.6 Å². The van der Waals surface area contributed by atoms with Crippen molar-refractivity contribution in [2.75, 3.05) is 0 Å². The molecular weight excluding hydrogens is 162 g/mol. The molecule has 58 valence electrons. The third kappa shape index (κ3) is 1.77. The van der Waals surface area contributed by atoms with Crippen molar-refractivity contribution < 1.29 is 4.79 Å². The monoisotopic (exact) mass is 169 g/mol. The molecule has 0 fully saturated rings. The van der Waals surface area contributed by atoms with Crippen LogP contribution in [0.2, 0.25) is 5.15 Å². The third-order valence-electron chi connectivity index (χ3n) is 1.40. The van der Waals surface area contributed by atoms with Gasteiger partial charge in [-0.25, -0.2) is 4.98 Å². The molecule has 0 spiro atoms. The maximum Gasteiger partial charge on any atom is 0.178 e. The van der Waals surface area contributed by atoms with Crippen molar-refractivity contribution in [1.82, 2.24) is 4.98 Å². The Hall–Kier alpha value is -0.890. The summed E-state index contributed by atoms with van der Waals surface area (Å²) in [7, 11) is 0. The first-order valence-electron chi connectivity index (χ1n) is 3.25. The maximum atomic E-state index is 10.9. The van der Waals surface area contributed by atoms with Crippen molar-refractivity contribution in [3.8, 4) is 0 Å². The summed E-state index contributed by atoms with van der Waals surface area (Å²) in [5.74, 6) is -0.0509. The van der Waals surface area contributed by atoms with E-state index in [9.17, 15) is 4.79 Å². The van der Waals surface area contributed by atoms with E-state index >= 15 is 0 Å². The van der Waals surface area contributed by atoms with Crippen LogP contribution in [0.5, 0.6) is 0 Å². The second kappa shape index (κ2) is 3.01. The van der Waals surface area contributed by atoms with Crippen LogP contribution < -0.4 is 0 Å². The molecule has 0 aliphatic heterocycles. The lowest BCUT2D eigenvalue weighted by molar-refractivity contribution is 0.101. The van der Waals surface area contributed by atoms with Crippen LogP contribution in [-0.2, 0) is 0 Å². The number of hydrogen-bond donors (Lipinski definition) is 0. The fraction of sp³-hybridized carbons (Fsp3) is 0.250. The van der Waals surface area contributed by atoms with Gasteiger partial charge in [0.25, 0.3) is 0 Å². The Labute approximate surface area is 70.2 Å². The molecule has 1 heterocycles. The first-order valence-corrected chi connectivity index (χ1v) is 3.63. The van der Waals surface area contributed by atoms with Gasteiger partial charge in [0.05, 0.1) is 0 Å². The summed E-state index contributed by atoms with van der Waals surface area (Å²) in [5, 5.41) is 0.362. The molecule has 0 N–H and O–H groups in total. The lowest BCUT2D eigenvalue weighted by atomic mass is 10.2. The van der Waals surface area contributed by atoms with Crippen molar-refractivity contribution in [2.45, 2.75) is 13.8 Å². The summed E-state index contributed by atoms with van der Waals surface area (Å²) in [6.07, 6.45) is 0. The molecule has 1 rings (SSSR count). The topological polar surface area (TPSA) is 30.0 Å². The standard InChI is InChI=1S/C8H8ClNO/c1-5-3-4-7(9)10-8(5)6(2)11/h3-4H,1-2H3. The normalized spacial score (nSPS) is 9.73. The van der Waals surface area contributed by atoms with Crippen LogP contribution in [0.3, 0.4) is 0 Å². The van der Waals surface area contributed by atoms with Crippen molar-refractivity contribution in [1.29, 1.82) is 0 Å². The minimum atomic E-state index is -0.0509. The first-order chi connectivity index (χ1) is 5.11. The Morgan fingerprint density at radius 2 is 2.18 bits per heavy atom. The van der Waals surface area contributed by atoms with Crippen LogP contribution in [0, 0.1) is 6.92 Å². The second-order valence-corrected chi connectivity index (χ2v) is 2.74. The number of Topliss-reactive ketones (excluding diaryl/α,β-unsaturated/α-hetero) is 1. The van der Waals surface area contributed by atoms with E-state index in [1.54, 1.807) is 12.1 Å². The number of aryl methyl sites for hydroxylation is 1. The lowest BCUT2D eigenvalue weighted by Crippen LogP contribution is -1.99. The predicted molar refractivity (Wildman–Crippen MR) is 44.0 cm³/mol. The van der Waals surface area contributed by atoms with Gasteiger partial charge in [0.1, 0.15) is 10.8 Å². The van der Waals surface area contributed by atoms with Crippen LogP contribution in [0.4, 0.5) is 0 Å². The van der Waals surface area contributed by atoms with Crippen LogP contribution >= 0.6 is 11.6 Å². The van der Waals surface area contributed by atoms with E-state index in [4.69, 9.17) is 11.6 Å². The van der Waals surface area contributed by atoms with E-state index in [-0.39, 0.29) is 5.78 Å². The highest BCUT2D eigenvalue weighted by atomic mass is 35.5. The number of carbonyl (C=O) groups is 1. The number of aromatic nitrogens is 1. The largest absolute Gasteiger partial charge is 0.293 e. The van der Waals surface area contributed by atoms with Gasteiger partial charge in [-0.15, -0.1) is 0 Å². The summed E-state index contributed by atoms with van der Waals surface area (Å²) >= 11 is 5.60. The highest BCUT2D eigenvalue weighted by molar-refractivity contribution is 6.29. The quantitative estimate of drug-likeness (QED) is 0.477. The van der Waals surface area contributed by atoms with Crippen LogP contribution in [-0.4, -0.2) is 10.8 Å². The highest BCUT2D eigenvalue weighted by Gasteiger charge is 2.04. The van der Waals surface area contributed by atoms with Gasteiger partial charge < -0.3 is 0 Å². The fourth-order valence-electron chi connectivity index (χ4n) is 0.861.